The first-order valence-electron chi connectivity index (χ1n) is 5.83. The minimum absolute atomic E-state index is 0.600. The van der Waals surface area contributed by atoms with Gasteiger partial charge in [-0.1, -0.05) is 24.3 Å². The maximum Gasteiger partial charge on any atom is 0.117 e. The third-order valence-corrected chi connectivity index (χ3v) is 3.11. The van der Waals surface area contributed by atoms with Crippen molar-refractivity contribution >= 4 is 17.1 Å². The number of benzene rings is 1. The van der Waals surface area contributed by atoms with E-state index in [1.807, 2.05) is 30.4 Å². The molecule has 1 N–H and O–H groups in total. The van der Waals surface area contributed by atoms with E-state index in [1.54, 1.807) is 6.08 Å². The molecule has 3 rings (SSSR count). The second-order valence-corrected chi connectivity index (χ2v) is 4.11. The summed E-state index contributed by atoms with van der Waals surface area (Å²) < 4.78 is 0. The molecule has 0 bridgehead atoms. The van der Waals surface area contributed by atoms with Crippen molar-refractivity contribution in [3.63, 3.8) is 0 Å². The van der Waals surface area contributed by atoms with Gasteiger partial charge in [-0.3, -0.25) is 0 Å². The summed E-state index contributed by atoms with van der Waals surface area (Å²) in [4.78, 5) is 6.74. The molecule has 0 amide bonds. The molecule has 1 aliphatic heterocycles. The summed E-state index contributed by atoms with van der Waals surface area (Å²) in [5, 5.41) is 9.96. The zero-order chi connectivity index (χ0) is 11.8. The highest BCUT2D eigenvalue weighted by molar-refractivity contribution is 6.12. The monoisotopic (exact) mass is 226 g/mol. The molecule has 2 aliphatic rings. The number of anilines is 1. The Kier molecular flexibility index (Phi) is 2.34. The Morgan fingerprint density at radius 1 is 1.35 bits per heavy atom. The Hall–Kier alpha value is -1.87. The highest BCUT2D eigenvalue weighted by atomic mass is 16.3. The molecular formula is C14H14N2O. The van der Waals surface area contributed by atoms with Crippen LogP contribution in [0.3, 0.4) is 0 Å². The molecule has 86 valence electrons. The molecule has 0 saturated heterocycles. The second kappa shape index (κ2) is 3.86. The van der Waals surface area contributed by atoms with Crippen LogP contribution in [0.2, 0.25) is 0 Å². The molecular weight excluding hydrogens is 212 g/mol. The number of nitrogens with zero attached hydrogens (tertiary/aromatic N) is 2. The van der Waals surface area contributed by atoms with E-state index in [0.29, 0.717) is 0 Å². The summed E-state index contributed by atoms with van der Waals surface area (Å²) in [7, 11) is 0. The first kappa shape index (κ1) is 10.3. The van der Waals surface area contributed by atoms with Gasteiger partial charge < -0.3 is 10.0 Å². The Morgan fingerprint density at radius 3 is 3.00 bits per heavy atom. The van der Waals surface area contributed by atoms with Gasteiger partial charge in [-0.25, -0.2) is 4.99 Å². The van der Waals surface area contributed by atoms with E-state index >= 15 is 0 Å². The van der Waals surface area contributed by atoms with Gasteiger partial charge in [-0.05, 0) is 25.1 Å². The lowest BCUT2D eigenvalue weighted by Crippen LogP contribution is -2.36. The zero-order valence-corrected chi connectivity index (χ0v) is 9.67. The summed E-state index contributed by atoms with van der Waals surface area (Å²) in [6, 6.07) is 8.02. The van der Waals surface area contributed by atoms with Crippen LogP contribution >= 0.6 is 0 Å². The molecule has 17 heavy (non-hydrogen) atoms. The van der Waals surface area contributed by atoms with Gasteiger partial charge in [-0.15, -0.1) is 0 Å². The van der Waals surface area contributed by atoms with E-state index in [0.717, 1.165) is 29.3 Å². The van der Waals surface area contributed by atoms with Crippen molar-refractivity contribution in [2.75, 3.05) is 11.4 Å². The van der Waals surface area contributed by atoms with Gasteiger partial charge in [0.2, 0.25) is 0 Å². The van der Waals surface area contributed by atoms with Crippen LogP contribution in [0.5, 0.6) is 0 Å². The first-order valence-corrected chi connectivity index (χ1v) is 5.83. The van der Waals surface area contributed by atoms with Crippen LogP contribution in [-0.2, 0) is 0 Å². The molecule has 0 radical (unpaired) electrons. The van der Waals surface area contributed by atoms with Gasteiger partial charge in [0, 0.05) is 6.54 Å². The third kappa shape index (κ3) is 1.51. The number of rotatable bonds is 1. The van der Waals surface area contributed by atoms with E-state index in [-0.39, 0.29) is 0 Å². The van der Waals surface area contributed by atoms with Crippen molar-refractivity contribution in [2.45, 2.75) is 13.0 Å². The van der Waals surface area contributed by atoms with Crippen LogP contribution in [0.4, 0.5) is 11.4 Å². The predicted octanol–water partition coefficient (Wildman–Crippen LogP) is 2.41. The lowest BCUT2D eigenvalue weighted by atomic mass is 10.0. The van der Waals surface area contributed by atoms with E-state index in [4.69, 9.17) is 0 Å². The fraction of sp³-hybridized carbons (Fsp3) is 0.214. The second-order valence-electron chi connectivity index (χ2n) is 4.11. The summed E-state index contributed by atoms with van der Waals surface area (Å²) in [5.41, 5.74) is 3.78. The number of para-hydroxylation sites is 2. The number of hydrogen-bond acceptors (Lipinski definition) is 3. The van der Waals surface area contributed by atoms with Crippen LogP contribution in [0.1, 0.15) is 6.92 Å². The lowest BCUT2D eigenvalue weighted by molar-refractivity contribution is 0.288. The number of fused-ring (bicyclic) bond motifs is 2. The van der Waals surface area contributed by atoms with Gasteiger partial charge >= 0.3 is 0 Å². The number of aliphatic imine (C=N–C) groups is 1. The zero-order valence-electron chi connectivity index (χ0n) is 9.67. The Balaban J connectivity index is 2.21. The predicted molar refractivity (Wildman–Crippen MR) is 69.8 cm³/mol. The maximum atomic E-state index is 9.96. The SMILES string of the molecule is CCN1C2=CC=CC(O)C2=Nc2ccccc21. The smallest absolute Gasteiger partial charge is 0.117 e. The molecule has 1 aliphatic carbocycles. The van der Waals surface area contributed by atoms with Gasteiger partial charge in [0.1, 0.15) is 6.10 Å². The van der Waals surface area contributed by atoms with Gasteiger partial charge in [0.15, 0.2) is 0 Å². The summed E-state index contributed by atoms with van der Waals surface area (Å²) >= 11 is 0. The first-order chi connectivity index (χ1) is 8.31. The molecule has 1 unspecified atom stereocenters. The number of aliphatic hydroxyl groups excluding tert-OH is 1. The van der Waals surface area contributed by atoms with E-state index in [9.17, 15) is 5.11 Å². The Bertz CT molecular complexity index is 543. The summed E-state index contributed by atoms with van der Waals surface area (Å²) in [5.74, 6) is 0. The van der Waals surface area contributed by atoms with Crippen molar-refractivity contribution in [2.24, 2.45) is 4.99 Å². The molecule has 0 aromatic heterocycles. The molecule has 0 saturated carbocycles. The van der Waals surface area contributed by atoms with E-state index in [2.05, 4.69) is 22.9 Å². The molecule has 3 nitrogen and oxygen atoms in total. The van der Waals surface area contributed by atoms with Crippen LogP contribution in [0, 0.1) is 0 Å². The van der Waals surface area contributed by atoms with Crippen molar-refractivity contribution in [1.29, 1.82) is 0 Å². The van der Waals surface area contributed by atoms with Gasteiger partial charge in [0.05, 0.1) is 22.8 Å². The average molecular weight is 226 g/mol. The van der Waals surface area contributed by atoms with Crippen LogP contribution < -0.4 is 4.90 Å². The van der Waals surface area contributed by atoms with E-state index in [1.165, 1.54) is 0 Å². The summed E-state index contributed by atoms with van der Waals surface area (Å²) in [6.07, 6.45) is 5.04. The maximum absolute atomic E-state index is 9.96. The summed E-state index contributed by atoms with van der Waals surface area (Å²) in [6.45, 7) is 2.97. The largest absolute Gasteiger partial charge is 0.383 e. The normalized spacial score (nSPS) is 21.5. The minimum Gasteiger partial charge on any atom is -0.383 e. The fourth-order valence-electron chi connectivity index (χ4n) is 2.32. The average Bonchev–Trinajstić information content (AvgIpc) is 2.37. The lowest BCUT2D eigenvalue weighted by Gasteiger charge is -2.34. The van der Waals surface area contributed by atoms with Crippen molar-refractivity contribution < 1.29 is 5.11 Å². The molecule has 1 aromatic carbocycles. The molecule has 3 heteroatoms. The third-order valence-electron chi connectivity index (χ3n) is 3.11. The molecule has 0 fully saturated rings. The molecule has 1 atom stereocenters. The molecule has 1 heterocycles. The highest BCUT2D eigenvalue weighted by Gasteiger charge is 2.27. The number of allylic oxidation sites excluding steroid dienone is 2. The fourth-order valence-corrected chi connectivity index (χ4v) is 2.32. The van der Waals surface area contributed by atoms with Crippen LogP contribution in [0.25, 0.3) is 0 Å². The van der Waals surface area contributed by atoms with Crippen molar-refractivity contribution in [3.8, 4) is 0 Å². The van der Waals surface area contributed by atoms with Crippen LogP contribution in [-0.4, -0.2) is 23.5 Å². The topological polar surface area (TPSA) is 35.8 Å². The number of hydrogen-bond donors (Lipinski definition) is 1. The minimum atomic E-state index is -0.600. The van der Waals surface area contributed by atoms with Crippen molar-refractivity contribution in [3.05, 3.63) is 48.2 Å². The highest BCUT2D eigenvalue weighted by Crippen LogP contribution is 2.37. The van der Waals surface area contributed by atoms with Gasteiger partial charge in [-0.2, -0.15) is 0 Å². The Labute approximate surface area is 100 Å². The van der Waals surface area contributed by atoms with Crippen LogP contribution in [0.15, 0.2) is 53.2 Å². The van der Waals surface area contributed by atoms with Gasteiger partial charge in [0.25, 0.3) is 0 Å². The quantitative estimate of drug-likeness (QED) is 0.798. The standard InChI is InChI=1S/C14H14N2O/c1-2-16-11-7-4-3-6-10(11)15-14-12(16)8-5-9-13(14)17/h3-9,13,17H,2H2,1H3. The molecule has 0 spiro atoms. The molecule has 1 aromatic rings. The number of aliphatic hydroxyl groups is 1. The van der Waals surface area contributed by atoms with E-state index < -0.39 is 6.10 Å². The Morgan fingerprint density at radius 2 is 2.18 bits per heavy atom. The van der Waals surface area contributed by atoms with Crippen molar-refractivity contribution in [1.82, 2.24) is 0 Å².